The van der Waals surface area contributed by atoms with E-state index in [4.69, 9.17) is 11.1 Å². The van der Waals surface area contributed by atoms with Crippen LogP contribution < -0.4 is 0 Å². The molecule has 0 bridgehead atoms. The second kappa shape index (κ2) is 13.8. The predicted octanol–water partition coefficient (Wildman–Crippen LogP) is 6.58. The third-order valence-corrected chi connectivity index (χ3v) is 13.8. The molecule has 0 unspecified atom stereocenters. The number of rotatable bonds is 15. The lowest BCUT2D eigenvalue weighted by molar-refractivity contribution is 0.129. The van der Waals surface area contributed by atoms with Crippen molar-refractivity contribution in [2.75, 3.05) is 13.2 Å². The van der Waals surface area contributed by atoms with Crippen molar-refractivity contribution in [3.8, 4) is 0 Å². The first-order valence-corrected chi connectivity index (χ1v) is 13.8. The van der Waals surface area contributed by atoms with Gasteiger partial charge in [0.15, 0.2) is 8.32 Å². The van der Waals surface area contributed by atoms with E-state index < -0.39 is 23.5 Å². The average molecular weight is 375 g/mol. The third kappa shape index (κ3) is 8.34. The molecule has 0 aliphatic rings. The van der Waals surface area contributed by atoms with Crippen molar-refractivity contribution in [1.82, 2.24) is 0 Å². The number of hydrogen-bond acceptors (Lipinski definition) is 3. The van der Waals surface area contributed by atoms with Crippen LogP contribution in [0, 0.1) is 0 Å². The Morgan fingerprint density at radius 1 is 0.667 bits per heavy atom. The molecule has 0 aromatic rings. The van der Waals surface area contributed by atoms with Crippen LogP contribution in [0.2, 0.25) is 16.6 Å². The van der Waals surface area contributed by atoms with Crippen molar-refractivity contribution < 1.29 is 11.1 Å². The second-order valence-electron chi connectivity index (χ2n) is 7.88. The summed E-state index contributed by atoms with van der Waals surface area (Å²) < 4.78 is 19.1. The van der Waals surface area contributed by atoms with Crippen LogP contribution in [0.15, 0.2) is 0 Å². The van der Waals surface area contributed by atoms with Crippen molar-refractivity contribution >= 4 is 23.5 Å². The molecule has 5 heteroatoms. The summed E-state index contributed by atoms with van der Waals surface area (Å²) in [5.41, 5.74) is 1.72. The Morgan fingerprint density at radius 2 is 1.04 bits per heavy atom. The van der Waals surface area contributed by atoms with Crippen molar-refractivity contribution in [2.45, 2.75) is 111 Å². The minimum absolute atomic E-state index is 0.575. The monoisotopic (exact) mass is 374 g/mol. The summed E-state index contributed by atoms with van der Waals surface area (Å²) in [5.74, 6) is 0. The zero-order valence-corrected chi connectivity index (χ0v) is 19.8. The molecule has 0 aromatic heterocycles. The van der Waals surface area contributed by atoms with Gasteiger partial charge in [0.1, 0.15) is 0 Å². The lowest BCUT2D eigenvalue weighted by Gasteiger charge is -2.44. The Hall–Kier alpha value is 0.629. The van der Waals surface area contributed by atoms with Crippen molar-refractivity contribution in [1.29, 1.82) is 0 Å². The summed E-state index contributed by atoms with van der Waals surface area (Å²) in [6, 6.07) is 0. The van der Waals surface area contributed by atoms with Gasteiger partial charge in [0.2, 0.25) is 0 Å². The minimum Gasteiger partial charge on any atom is -0.498 e. The van der Waals surface area contributed by atoms with Crippen LogP contribution in [0.5, 0.6) is 0 Å². The van der Waals surface area contributed by atoms with Gasteiger partial charge >= 0.3 is 15.1 Å². The maximum atomic E-state index is 6.82. The molecule has 0 spiro atoms. The normalized spacial score (nSPS) is 12.6. The highest BCUT2D eigenvalue weighted by atomic mass is 28.4. The first-order valence-electron chi connectivity index (χ1n) is 10.2. The quantitative estimate of drug-likeness (QED) is 0.239. The number of unbranched alkanes of at least 4 members (excludes halogenated alkanes) is 4. The van der Waals surface area contributed by atoms with E-state index in [-0.39, 0.29) is 0 Å². The molecule has 0 fully saturated rings. The van der Waals surface area contributed by atoms with Gasteiger partial charge in [-0.2, -0.15) is 0 Å². The molecule has 0 aliphatic heterocycles. The van der Waals surface area contributed by atoms with Crippen LogP contribution in [-0.2, 0) is 11.1 Å². The van der Waals surface area contributed by atoms with E-state index in [1.54, 1.807) is 0 Å². The molecule has 3 nitrogen and oxygen atoms in total. The van der Waals surface area contributed by atoms with Gasteiger partial charge in [-0.15, -0.1) is 0 Å². The lowest BCUT2D eigenvalue weighted by Crippen LogP contribution is -2.53. The Bertz CT molecular complexity index is 265. The third-order valence-electron chi connectivity index (χ3n) is 5.01. The zero-order chi connectivity index (χ0) is 18.6. The van der Waals surface area contributed by atoms with E-state index in [1.165, 1.54) is 25.7 Å². The first-order chi connectivity index (χ1) is 11.3. The van der Waals surface area contributed by atoms with Crippen LogP contribution >= 0.6 is 0 Å². The van der Waals surface area contributed by atoms with E-state index in [2.05, 4.69) is 55.4 Å². The molecule has 144 valence electrons. The van der Waals surface area contributed by atoms with Crippen molar-refractivity contribution in [3.63, 3.8) is 0 Å². The van der Waals surface area contributed by atoms with Crippen molar-refractivity contribution in [3.05, 3.63) is 0 Å². The molecule has 0 aromatic carbocycles. The van der Waals surface area contributed by atoms with Crippen molar-refractivity contribution in [2.24, 2.45) is 0 Å². The molecule has 24 heavy (non-hydrogen) atoms. The fourth-order valence-corrected chi connectivity index (χ4v) is 13.7. The van der Waals surface area contributed by atoms with Crippen LogP contribution in [0.25, 0.3) is 0 Å². The molecule has 0 aliphatic carbocycles. The van der Waals surface area contributed by atoms with Gasteiger partial charge in [-0.25, -0.2) is 0 Å². The van der Waals surface area contributed by atoms with Gasteiger partial charge in [-0.1, -0.05) is 81.1 Å². The topological polar surface area (TPSA) is 27.7 Å². The maximum absolute atomic E-state index is 6.82. The standard InChI is InChI=1S/C9H21OSi.2C5H11O.Al/c1-7(2)11(10,8(3)4)9(5)6;2*1-2-3-4-5-6;/h7-9H,1-6H3;2*2-5H2,1H3;/q3*-1;+3. The molecule has 0 N–H and O–H groups in total. The summed E-state index contributed by atoms with van der Waals surface area (Å²) >= 11 is -2.05. The Balaban J connectivity index is 4.92. The Kier molecular flexibility index (Phi) is 14.1. The van der Waals surface area contributed by atoms with E-state index in [1.807, 2.05) is 0 Å². The molecule has 0 saturated heterocycles. The van der Waals surface area contributed by atoms with Gasteiger partial charge in [-0.05, 0) is 29.5 Å². The van der Waals surface area contributed by atoms with Gasteiger partial charge in [0.25, 0.3) is 0 Å². The predicted molar refractivity (Wildman–Crippen MR) is 109 cm³/mol. The maximum Gasteiger partial charge on any atom is 0.894 e. The van der Waals surface area contributed by atoms with Crippen LogP contribution in [0.4, 0.5) is 0 Å². The van der Waals surface area contributed by atoms with Gasteiger partial charge in [-0.3, -0.25) is 0 Å². The minimum atomic E-state index is -2.05. The highest BCUT2D eigenvalue weighted by Crippen LogP contribution is 2.42. The molecule has 0 atom stereocenters. The average Bonchev–Trinajstić information content (AvgIpc) is 2.51. The fraction of sp³-hybridized carbons (Fsp3) is 1.00. The first kappa shape index (κ1) is 24.6. The van der Waals surface area contributed by atoms with E-state index in [0.29, 0.717) is 16.6 Å². The highest BCUT2D eigenvalue weighted by Gasteiger charge is 2.50. The van der Waals surface area contributed by atoms with E-state index in [0.717, 1.165) is 26.1 Å². The number of hydrogen-bond donors (Lipinski definition) is 0. The Morgan fingerprint density at radius 3 is 1.33 bits per heavy atom. The van der Waals surface area contributed by atoms with Gasteiger partial charge in [0, 0.05) is 13.2 Å². The summed E-state index contributed by atoms with van der Waals surface area (Å²) in [4.78, 5) is 0. The lowest BCUT2D eigenvalue weighted by atomic mass is 10.3. The molecule has 0 heterocycles. The second-order valence-corrected chi connectivity index (χ2v) is 15.2. The smallest absolute Gasteiger partial charge is 0.498 e. The van der Waals surface area contributed by atoms with Crippen LogP contribution in [-0.4, -0.2) is 36.7 Å². The Labute approximate surface area is 158 Å². The van der Waals surface area contributed by atoms with E-state index >= 15 is 0 Å². The van der Waals surface area contributed by atoms with Gasteiger partial charge < -0.3 is 11.1 Å². The zero-order valence-electron chi connectivity index (χ0n) is 17.7. The summed E-state index contributed by atoms with van der Waals surface area (Å²) in [6.07, 6.45) is 7.10. The molecular weight excluding hydrogens is 331 g/mol. The summed E-state index contributed by atoms with van der Waals surface area (Å²) in [5, 5.41) is 0. The molecule has 0 radical (unpaired) electrons. The SMILES string of the molecule is CCCCC[O][Al]([O]CCCCC)[O][Si](C(C)C)(C(C)C)C(C)C. The molecule has 0 rings (SSSR count). The summed E-state index contributed by atoms with van der Waals surface area (Å²) in [7, 11) is -1.92. The summed E-state index contributed by atoms with van der Waals surface area (Å²) in [6.45, 7) is 20.0. The molecule has 0 saturated carbocycles. The fourth-order valence-electron chi connectivity index (χ4n) is 3.75. The van der Waals surface area contributed by atoms with Crippen LogP contribution in [0.3, 0.4) is 0 Å². The van der Waals surface area contributed by atoms with E-state index in [9.17, 15) is 0 Å². The van der Waals surface area contributed by atoms with Crippen LogP contribution in [0.1, 0.15) is 93.9 Å². The molecular formula is C19H43AlO3Si. The largest absolute Gasteiger partial charge is 0.894 e. The highest BCUT2D eigenvalue weighted by molar-refractivity contribution is 6.81. The van der Waals surface area contributed by atoms with Gasteiger partial charge in [0.05, 0.1) is 0 Å². The molecule has 0 amide bonds.